The summed E-state index contributed by atoms with van der Waals surface area (Å²) in [5, 5.41) is 0. The molecule has 1 heterocycles. The average Bonchev–Trinajstić information content (AvgIpc) is 2.07. The van der Waals surface area contributed by atoms with E-state index in [2.05, 4.69) is 21.8 Å². The van der Waals surface area contributed by atoms with Crippen LogP contribution in [0, 0.1) is 11.8 Å². The zero-order valence-corrected chi connectivity index (χ0v) is 6.12. The van der Waals surface area contributed by atoms with E-state index in [4.69, 9.17) is 5.73 Å². The van der Waals surface area contributed by atoms with E-state index < -0.39 is 0 Å². The molecule has 1 aromatic rings. The standard InChI is InChI=1S/C8H9N3/c9-5-2-1-4-8-10-6-3-7-11-8/h3,6-7H,2,5,9H2. The minimum absolute atomic E-state index is 0.556. The van der Waals surface area contributed by atoms with Crippen molar-refractivity contribution < 1.29 is 0 Å². The Balaban J connectivity index is 2.59. The Kier molecular flexibility index (Phi) is 3.10. The molecule has 3 nitrogen and oxygen atoms in total. The third kappa shape index (κ3) is 2.78. The second kappa shape index (κ2) is 4.42. The molecule has 0 spiro atoms. The average molecular weight is 147 g/mol. The number of aromatic nitrogens is 2. The van der Waals surface area contributed by atoms with E-state index in [0.717, 1.165) is 0 Å². The molecule has 11 heavy (non-hydrogen) atoms. The third-order valence-electron chi connectivity index (χ3n) is 1.04. The van der Waals surface area contributed by atoms with Crippen LogP contribution in [0.2, 0.25) is 0 Å². The second-order valence-electron chi connectivity index (χ2n) is 1.91. The summed E-state index contributed by atoms with van der Waals surface area (Å²) in [6.07, 6.45) is 4.02. The molecular weight excluding hydrogens is 138 g/mol. The summed E-state index contributed by atoms with van der Waals surface area (Å²) in [5.41, 5.74) is 5.25. The molecule has 1 rings (SSSR count). The van der Waals surface area contributed by atoms with Crippen LogP contribution in [0.5, 0.6) is 0 Å². The van der Waals surface area contributed by atoms with Gasteiger partial charge in [0.05, 0.1) is 0 Å². The minimum Gasteiger partial charge on any atom is -0.330 e. The van der Waals surface area contributed by atoms with Gasteiger partial charge in [0.15, 0.2) is 0 Å². The van der Waals surface area contributed by atoms with E-state index in [-0.39, 0.29) is 0 Å². The predicted octanol–water partition coefficient (Wildman–Crippen LogP) is 0.177. The van der Waals surface area contributed by atoms with Crippen molar-refractivity contribution in [3.05, 3.63) is 24.3 Å². The molecule has 0 radical (unpaired) electrons. The first-order chi connectivity index (χ1) is 5.43. The summed E-state index contributed by atoms with van der Waals surface area (Å²) in [7, 11) is 0. The molecule has 0 aliphatic carbocycles. The largest absolute Gasteiger partial charge is 0.330 e. The van der Waals surface area contributed by atoms with E-state index in [1.807, 2.05) is 0 Å². The minimum atomic E-state index is 0.556. The molecule has 0 aromatic carbocycles. The van der Waals surface area contributed by atoms with Crippen LogP contribution in [0.15, 0.2) is 18.5 Å². The number of hydrogen-bond acceptors (Lipinski definition) is 3. The van der Waals surface area contributed by atoms with Gasteiger partial charge in [-0.2, -0.15) is 0 Å². The Hall–Kier alpha value is -1.40. The van der Waals surface area contributed by atoms with E-state index in [1.165, 1.54) is 0 Å². The molecule has 0 aliphatic rings. The number of hydrogen-bond donors (Lipinski definition) is 1. The van der Waals surface area contributed by atoms with Crippen molar-refractivity contribution in [1.82, 2.24) is 9.97 Å². The van der Waals surface area contributed by atoms with Crippen LogP contribution in [0.25, 0.3) is 0 Å². The highest BCUT2D eigenvalue weighted by Gasteiger charge is 1.82. The van der Waals surface area contributed by atoms with E-state index >= 15 is 0 Å². The monoisotopic (exact) mass is 147 g/mol. The summed E-state index contributed by atoms with van der Waals surface area (Å²) < 4.78 is 0. The molecule has 0 atom stereocenters. The first kappa shape index (κ1) is 7.70. The topological polar surface area (TPSA) is 51.8 Å². The van der Waals surface area contributed by atoms with Crippen LogP contribution >= 0.6 is 0 Å². The van der Waals surface area contributed by atoms with E-state index in [9.17, 15) is 0 Å². The van der Waals surface area contributed by atoms with Crippen molar-refractivity contribution in [2.45, 2.75) is 6.42 Å². The van der Waals surface area contributed by atoms with Crippen LogP contribution < -0.4 is 5.73 Å². The number of nitrogens with two attached hydrogens (primary N) is 1. The van der Waals surface area contributed by atoms with Gasteiger partial charge in [0.1, 0.15) is 0 Å². The zero-order valence-electron chi connectivity index (χ0n) is 6.12. The summed E-state index contributed by atoms with van der Waals surface area (Å²) >= 11 is 0. The number of nitrogens with zero attached hydrogens (tertiary/aromatic N) is 2. The lowest BCUT2D eigenvalue weighted by atomic mass is 10.4. The maximum absolute atomic E-state index is 5.25. The van der Waals surface area contributed by atoms with Gasteiger partial charge in [-0.1, -0.05) is 5.92 Å². The maximum atomic E-state index is 5.25. The van der Waals surface area contributed by atoms with Gasteiger partial charge in [0, 0.05) is 25.4 Å². The number of rotatable bonds is 1. The lowest BCUT2D eigenvalue weighted by Crippen LogP contribution is -1.95. The Morgan fingerprint density at radius 3 is 2.73 bits per heavy atom. The molecule has 0 aliphatic heterocycles. The fraction of sp³-hybridized carbons (Fsp3) is 0.250. The van der Waals surface area contributed by atoms with Crippen LogP contribution in [0.4, 0.5) is 0 Å². The van der Waals surface area contributed by atoms with Crippen molar-refractivity contribution in [3.8, 4) is 11.8 Å². The third-order valence-corrected chi connectivity index (χ3v) is 1.04. The summed E-state index contributed by atoms with van der Waals surface area (Å²) in [5.74, 6) is 6.20. The zero-order chi connectivity index (χ0) is 7.94. The van der Waals surface area contributed by atoms with E-state index in [0.29, 0.717) is 18.8 Å². The van der Waals surface area contributed by atoms with Gasteiger partial charge in [0.25, 0.3) is 0 Å². The Morgan fingerprint density at radius 1 is 1.36 bits per heavy atom. The maximum Gasteiger partial charge on any atom is 0.204 e. The summed E-state index contributed by atoms with van der Waals surface area (Å²) in [6.45, 7) is 0.583. The summed E-state index contributed by atoms with van der Waals surface area (Å²) in [4.78, 5) is 7.85. The highest BCUT2D eigenvalue weighted by molar-refractivity contribution is 5.19. The Bertz CT molecular complexity index is 258. The summed E-state index contributed by atoms with van der Waals surface area (Å²) in [6, 6.07) is 1.76. The van der Waals surface area contributed by atoms with E-state index in [1.54, 1.807) is 18.5 Å². The Labute approximate surface area is 65.7 Å². The predicted molar refractivity (Wildman–Crippen MR) is 42.6 cm³/mol. The molecule has 56 valence electrons. The first-order valence-electron chi connectivity index (χ1n) is 3.39. The van der Waals surface area contributed by atoms with Crippen LogP contribution in [-0.4, -0.2) is 16.5 Å². The highest BCUT2D eigenvalue weighted by atomic mass is 14.8. The van der Waals surface area contributed by atoms with Crippen LogP contribution in [0.1, 0.15) is 12.2 Å². The molecule has 2 N–H and O–H groups in total. The first-order valence-corrected chi connectivity index (χ1v) is 3.39. The van der Waals surface area contributed by atoms with Crippen molar-refractivity contribution in [2.75, 3.05) is 6.54 Å². The lowest BCUT2D eigenvalue weighted by molar-refractivity contribution is 1.03. The van der Waals surface area contributed by atoms with Crippen molar-refractivity contribution in [2.24, 2.45) is 5.73 Å². The molecule has 0 fully saturated rings. The SMILES string of the molecule is NCCC#Cc1ncccn1. The van der Waals surface area contributed by atoms with Crippen molar-refractivity contribution in [3.63, 3.8) is 0 Å². The quantitative estimate of drug-likeness (QED) is 0.576. The van der Waals surface area contributed by atoms with Gasteiger partial charge < -0.3 is 5.73 Å². The molecule has 0 amide bonds. The molecule has 0 saturated carbocycles. The van der Waals surface area contributed by atoms with Gasteiger partial charge >= 0.3 is 0 Å². The molecule has 0 saturated heterocycles. The van der Waals surface area contributed by atoms with Gasteiger partial charge in [0.2, 0.25) is 5.82 Å². The fourth-order valence-corrected chi connectivity index (χ4v) is 0.577. The molecular formula is C8H9N3. The lowest BCUT2D eigenvalue weighted by Gasteiger charge is -1.84. The highest BCUT2D eigenvalue weighted by Crippen LogP contribution is 1.82. The molecule has 0 unspecified atom stereocenters. The second-order valence-corrected chi connectivity index (χ2v) is 1.91. The van der Waals surface area contributed by atoms with Gasteiger partial charge in [-0.05, 0) is 12.0 Å². The fourth-order valence-electron chi connectivity index (χ4n) is 0.577. The molecule has 1 aromatic heterocycles. The van der Waals surface area contributed by atoms with Gasteiger partial charge in [-0.25, -0.2) is 9.97 Å². The van der Waals surface area contributed by atoms with Crippen molar-refractivity contribution in [1.29, 1.82) is 0 Å². The normalized spacial score (nSPS) is 8.45. The van der Waals surface area contributed by atoms with Gasteiger partial charge in [-0.15, -0.1) is 0 Å². The smallest absolute Gasteiger partial charge is 0.204 e. The van der Waals surface area contributed by atoms with Crippen molar-refractivity contribution >= 4 is 0 Å². The van der Waals surface area contributed by atoms with Crippen LogP contribution in [-0.2, 0) is 0 Å². The molecule has 0 bridgehead atoms. The molecule has 3 heteroatoms. The van der Waals surface area contributed by atoms with Crippen LogP contribution in [0.3, 0.4) is 0 Å². The Morgan fingerprint density at radius 2 is 2.09 bits per heavy atom. The van der Waals surface area contributed by atoms with Gasteiger partial charge in [-0.3, -0.25) is 0 Å².